The van der Waals surface area contributed by atoms with Crippen molar-refractivity contribution in [1.82, 2.24) is 4.72 Å². The van der Waals surface area contributed by atoms with E-state index in [0.29, 0.717) is 0 Å². The summed E-state index contributed by atoms with van der Waals surface area (Å²) in [6.45, 7) is 13.3. The van der Waals surface area contributed by atoms with Gasteiger partial charge in [0.2, 0.25) is 0 Å². The highest BCUT2D eigenvalue weighted by molar-refractivity contribution is 7.96. The maximum atomic E-state index is 3.75. The second-order valence-corrected chi connectivity index (χ2v) is 2.57. The van der Waals surface area contributed by atoms with Crippen molar-refractivity contribution in [3.05, 3.63) is 36.6 Å². The van der Waals surface area contributed by atoms with Crippen molar-refractivity contribution in [2.24, 2.45) is 0 Å². The van der Waals surface area contributed by atoms with Gasteiger partial charge in [-0.3, -0.25) is 0 Å². The molecule has 1 N–H and O–H groups in total. The SMILES string of the molecule is C=C/C(=C\C(=C)C)NSC.CC. The predicted molar refractivity (Wildman–Crippen MR) is 61.1 cm³/mol. The van der Waals surface area contributed by atoms with E-state index in [9.17, 15) is 0 Å². The molecule has 0 fully saturated rings. The minimum Gasteiger partial charge on any atom is -0.330 e. The van der Waals surface area contributed by atoms with Crippen molar-refractivity contribution in [1.29, 1.82) is 0 Å². The molecule has 0 amide bonds. The summed E-state index contributed by atoms with van der Waals surface area (Å²) in [7, 11) is 0. The smallest absolute Gasteiger partial charge is 0.0436 e. The van der Waals surface area contributed by atoms with Crippen LogP contribution in [0, 0.1) is 0 Å². The minimum absolute atomic E-state index is 1.00. The van der Waals surface area contributed by atoms with E-state index < -0.39 is 0 Å². The molecule has 0 aliphatic rings. The maximum absolute atomic E-state index is 3.75. The zero-order valence-electron chi connectivity index (χ0n) is 8.48. The highest BCUT2D eigenvalue weighted by Crippen LogP contribution is 2.00. The third kappa shape index (κ3) is 9.37. The summed E-state index contributed by atoms with van der Waals surface area (Å²) >= 11 is 1.55. The van der Waals surface area contributed by atoms with Crippen LogP contribution in [0.25, 0.3) is 0 Å². The molecule has 0 aromatic rings. The van der Waals surface area contributed by atoms with Gasteiger partial charge in [0.1, 0.15) is 0 Å². The Morgan fingerprint density at radius 1 is 1.42 bits per heavy atom. The highest BCUT2D eigenvalue weighted by Gasteiger charge is 1.85. The maximum Gasteiger partial charge on any atom is 0.0436 e. The second-order valence-electron chi connectivity index (χ2n) is 1.96. The lowest BCUT2D eigenvalue weighted by atomic mass is 10.3. The first-order valence-corrected chi connectivity index (χ1v) is 5.21. The first-order chi connectivity index (χ1) is 5.70. The van der Waals surface area contributed by atoms with Gasteiger partial charge in [0.15, 0.2) is 0 Å². The van der Waals surface area contributed by atoms with E-state index in [1.54, 1.807) is 18.0 Å². The van der Waals surface area contributed by atoms with Crippen molar-refractivity contribution in [2.75, 3.05) is 6.26 Å². The van der Waals surface area contributed by atoms with Gasteiger partial charge in [-0.15, -0.1) is 0 Å². The highest BCUT2D eigenvalue weighted by atomic mass is 32.2. The monoisotopic (exact) mass is 185 g/mol. The summed E-state index contributed by atoms with van der Waals surface area (Å²) in [5.41, 5.74) is 2.02. The van der Waals surface area contributed by atoms with Gasteiger partial charge in [0.25, 0.3) is 0 Å². The zero-order valence-corrected chi connectivity index (χ0v) is 9.29. The third-order valence-electron chi connectivity index (χ3n) is 0.842. The lowest BCUT2D eigenvalue weighted by Gasteiger charge is -2.00. The Bertz CT molecular complexity index is 159. The van der Waals surface area contributed by atoms with Crippen molar-refractivity contribution < 1.29 is 0 Å². The van der Waals surface area contributed by atoms with Gasteiger partial charge in [-0.05, 0) is 19.1 Å². The van der Waals surface area contributed by atoms with Gasteiger partial charge >= 0.3 is 0 Å². The van der Waals surface area contributed by atoms with Crippen LogP contribution in [-0.2, 0) is 0 Å². The molecule has 0 rings (SSSR count). The molecule has 0 aliphatic heterocycles. The molecule has 12 heavy (non-hydrogen) atoms. The van der Waals surface area contributed by atoms with Crippen molar-refractivity contribution >= 4 is 11.9 Å². The minimum atomic E-state index is 1.00. The van der Waals surface area contributed by atoms with Crippen LogP contribution in [0.5, 0.6) is 0 Å². The Hall–Kier alpha value is -0.630. The molecule has 70 valence electrons. The van der Waals surface area contributed by atoms with E-state index in [4.69, 9.17) is 0 Å². The van der Waals surface area contributed by atoms with Crippen molar-refractivity contribution in [3.63, 3.8) is 0 Å². The average molecular weight is 185 g/mol. The average Bonchev–Trinajstić information content (AvgIpc) is 2.07. The van der Waals surface area contributed by atoms with Gasteiger partial charge < -0.3 is 4.72 Å². The summed E-state index contributed by atoms with van der Waals surface area (Å²) in [5.74, 6) is 0. The van der Waals surface area contributed by atoms with E-state index in [1.165, 1.54) is 0 Å². The van der Waals surface area contributed by atoms with Gasteiger partial charge in [-0.2, -0.15) is 0 Å². The first kappa shape index (κ1) is 13.9. The van der Waals surface area contributed by atoms with Crippen LogP contribution in [0.4, 0.5) is 0 Å². The largest absolute Gasteiger partial charge is 0.330 e. The number of nitrogens with one attached hydrogen (secondary N) is 1. The van der Waals surface area contributed by atoms with Crippen LogP contribution in [0.3, 0.4) is 0 Å². The topological polar surface area (TPSA) is 12.0 Å². The fraction of sp³-hybridized carbons (Fsp3) is 0.400. The lowest BCUT2D eigenvalue weighted by Crippen LogP contribution is -1.98. The molecule has 0 radical (unpaired) electrons. The molecule has 2 heteroatoms. The molecule has 0 aromatic heterocycles. The Morgan fingerprint density at radius 3 is 2.17 bits per heavy atom. The van der Waals surface area contributed by atoms with E-state index in [0.717, 1.165) is 11.3 Å². The van der Waals surface area contributed by atoms with Crippen molar-refractivity contribution in [2.45, 2.75) is 20.8 Å². The predicted octanol–water partition coefficient (Wildman–Crippen LogP) is 3.53. The summed E-state index contributed by atoms with van der Waals surface area (Å²) < 4.78 is 3.06. The molecule has 0 aliphatic carbocycles. The molecule has 0 bridgehead atoms. The number of hydrogen-bond donors (Lipinski definition) is 1. The second kappa shape index (κ2) is 10.4. The molecule has 0 unspecified atom stereocenters. The Morgan fingerprint density at radius 2 is 1.92 bits per heavy atom. The molecule has 0 aromatic carbocycles. The fourth-order valence-electron chi connectivity index (χ4n) is 0.513. The Labute approximate surface area is 80.8 Å². The van der Waals surface area contributed by atoms with Crippen LogP contribution in [0.15, 0.2) is 36.6 Å². The van der Waals surface area contributed by atoms with Crippen LogP contribution in [-0.4, -0.2) is 6.26 Å². The number of rotatable bonds is 4. The van der Waals surface area contributed by atoms with E-state index in [1.807, 2.05) is 33.1 Å². The van der Waals surface area contributed by atoms with E-state index in [-0.39, 0.29) is 0 Å². The number of hydrogen-bond acceptors (Lipinski definition) is 2. The van der Waals surface area contributed by atoms with E-state index in [2.05, 4.69) is 17.9 Å². The Balaban J connectivity index is 0. The van der Waals surface area contributed by atoms with Crippen LogP contribution in [0.2, 0.25) is 0 Å². The molecular weight excluding hydrogens is 166 g/mol. The molecule has 0 saturated carbocycles. The lowest BCUT2D eigenvalue weighted by molar-refractivity contribution is 1.28. The molecule has 0 saturated heterocycles. The van der Waals surface area contributed by atoms with Gasteiger partial charge in [0, 0.05) is 12.0 Å². The number of allylic oxidation sites excluding steroid dienone is 3. The van der Waals surface area contributed by atoms with Gasteiger partial charge in [-0.25, -0.2) is 0 Å². The molecule has 0 heterocycles. The molecular formula is C10H19NS. The Kier molecular flexibility index (Phi) is 12.0. The summed E-state index contributed by atoms with van der Waals surface area (Å²) in [4.78, 5) is 0. The van der Waals surface area contributed by atoms with Crippen LogP contribution in [0.1, 0.15) is 20.8 Å². The first-order valence-electron chi connectivity index (χ1n) is 3.99. The summed E-state index contributed by atoms with van der Waals surface area (Å²) in [6, 6.07) is 0. The quantitative estimate of drug-likeness (QED) is 0.531. The standard InChI is InChI=1S/C8H13NS.C2H6/c1-5-8(9-10-4)6-7(2)3;1-2/h5-6,9H,1-2H2,3-4H3;1-2H3/b8-6+;. The van der Waals surface area contributed by atoms with Crippen molar-refractivity contribution in [3.8, 4) is 0 Å². The van der Waals surface area contributed by atoms with E-state index >= 15 is 0 Å². The van der Waals surface area contributed by atoms with Gasteiger partial charge in [0.05, 0.1) is 0 Å². The molecule has 0 spiro atoms. The molecule has 1 nitrogen and oxygen atoms in total. The fourth-order valence-corrected chi connectivity index (χ4v) is 0.891. The normalized spacial score (nSPS) is 9.50. The summed E-state index contributed by atoms with van der Waals surface area (Å²) in [5, 5.41) is 0. The third-order valence-corrected chi connectivity index (χ3v) is 1.28. The van der Waals surface area contributed by atoms with Crippen LogP contribution >= 0.6 is 11.9 Å². The summed E-state index contributed by atoms with van der Waals surface area (Å²) in [6.07, 6.45) is 5.68. The molecule has 0 atom stereocenters. The zero-order chi connectivity index (χ0) is 9.98. The van der Waals surface area contributed by atoms with Crippen LogP contribution < -0.4 is 4.72 Å². The van der Waals surface area contributed by atoms with Gasteiger partial charge in [-0.1, -0.05) is 44.5 Å².